The first-order chi connectivity index (χ1) is 11.6. The quantitative estimate of drug-likeness (QED) is 0.570. The van der Waals surface area contributed by atoms with E-state index in [1.54, 1.807) is 36.2 Å². The molecule has 0 fully saturated rings. The molecule has 0 saturated heterocycles. The summed E-state index contributed by atoms with van der Waals surface area (Å²) in [5, 5.41) is 10.9. The molecule has 2 aromatic rings. The summed E-state index contributed by atoms with van der Waals surface area (Å²) in [4.78, 5) is 4.27. The van der Waals surface area contributed by atoms with Gasteiger partial charge in [-0.2, -0.15) is 23.1 Å². The standard InChI is InChI=1S/C18H24FN3S2/c1-13(15-6-7-24-12-15)9-21-18(20-2)22-10-14-4-5-17(19)8-16(14)11-23-3/h4-8,12-13H,9-11H2,1-3H3,(H2,20,21,22). The Kier molecular flexibility index (Phi) is 7.59. The number of guanidine groups is 1. The molecule has 2 N–H and O–H groups in total. The first-order valence-electron chi connectivity index (χ1n) is 7.87. The van der Waals surface area contributed by atoms with Crippen molar-refractivity contribution in [1.29, 1.82) is 0 Å². The maximum atomic E-state index is 13.4. The molecule has 0 saturated carbocycles. The number of aliphatic imine (C=N–C) groups is 1. The van der Waals surface area contributed by atoms with Crippen LogP contribution in [-0.2, 0) is 12.3 Å². The van der Waals surface area contributed by atoms with Gasteiger partial charge in [-0.1, -0.05) is 13.0 Å². The normalized spacial score (nSPS) is 12.9. The summed E-state index contributed by atoms with van der Waals surface area (Å²) in [5.74, 6) is 1.80. The average Bonchev–Trinajstić information content (AvgIpc) is 3.11. The third-order valence-corrected chi connectivity index (χ3v) is 5.13. The van der Waals surface area contributed by atoms with Crippen LogP contribution in [0.15, 0.2) is 40.0 Å². The molecule has 6 heteroatoms. The number of rotatable bonds is 7. The second kappa shape index (κ2) is 9.69. The second-order valence-corrected chi connectivity index (χ2v) is 7.26. The third-order valence-electron chi connectivity index (χ3n) is 3.83. The van der Waals surface area contributed by atoms with E-state index in [2.05, 4.69) is 39.4 Å². The lowest BCUT2D eigenvalue weighted by Gasteiger charge is -2.16. The number of hydrogen-bond donors (Lipinski definition) is 2. The molecule has 0 spiro atoms. The van der Waals surface area contributed by atoms with Gasteiger partial charge >= 0.3 is 0 Å². The van der Waals surface area contributed by atoms with Crippen molar-refractivity contribution in [2.75, 3.05) is 19.8 Å². The summed E-state index contributed by atoms with van der Waals surface area (Å²) in [7, 11) is 1.76. The molecule has 2 rings (SSSR count). The summed E-state index contributed by atoms with van der Waals surface area (Å²) >= 11 is 3.41. The van der Waals surface area contributed by atoms with Gasteiger partial charge in [0.15, 0.2) is 5.96 Å². The predicted octanol–water partition coefficient (Wildman–Crippen LogP) is 4.22. The van der Waals surface area contributed by atoms with Crippen LogP contribution < -0.4 is 10.6 Å². The van der Waals surface area contributed by atoms with Gasteiger partial charge in [-0.15, -0.1) is 0 Å². The Balaban J connectivity index is 1.90. The highest BCUT2D eigenvalue weighted by atomic mass is 32.2. The Bertz CT molecular complexity index is 656. The number of benzene rings is 1. The van der Waals surface area contributed by atoms with Gasteiger partial charge in [-0.25, -0.2) is 4.39 Å². The lowest BCUT2D eigenvalue weighted by molar-refractivity contribution is 0.625. The smallest absolute Gasteiger partial charge is 0.191 e. The van der Waals surface area contributed by atoms with Crippen molar-refractivity contribution in [2.24, 2.45) is 4.99 Å². The molecule has 24 heavy (non-hydrogen) atoms. The summed E-state index contributed by atoms with van der Waals surface area (Å²) in [6.07, 6.45) is 2.02. The van der Waals surface area contributed by atoms with Gasteiger partial charge in [0.2, 0.25) is 0 Å². The largest absolute Gasteiger partial charge is 0.356 e. The van der Waals surface area contributed by atoms with E-state index in [-0.39, 0.29) is 5.82 Å². The van der Waals surface area contributed by atoms with Crippen molar-refractivity contribution < 1.29 is 4.39 Å². The molecule has 0 radical (unpaired) electrons. The minimum absolute atomic E-state index is 0.185. The lowest BCUT2D eigenvalue weighted by atomic mass is 10.1. The number of nitrogens with one attached hydrogen (secondary N) is 2. The number of thiophene rings is 1. The summed E-state index contributed by atoms with van der Waals surface area (Å²) in [6, 6.07) is 7.12. The second-order valence-electron chi connectivity index (χ2n) is 5.61. The highest BCUT2D eigenvalue weighted by Crippen LogP contribution is 2.18. The molecule has 0 aliphatic rings. The van der Waals surface area contributed by atoms with Crippen molar-refractivity contribution >= 4 is 29.1 Å². The van der Waals surface area contributed by atoms with Gasteiger partial charge in [0, 0.05) is 25.9 Å². The third kappa shape index (κ3) is 5.53. The molecular weight excluding hydrogens is 341 g/mol. The fourth-order valence-corrected chi connectivity index (χ4v) is 3.74. The molecule has 1 aromatic heterocycles. The SMILES string of the molecule is CN=C(NCc1ccc(F)cc1CSC)NCC(C)c1ccsc1. The van der Waals surface area contributed by atoms with Crippen molar-refractivity contribution in [3.8, 4) is 0 Å². The van der Waals surface area contributed by atoms with Crippen molar-refractivity contribution in [2.45, 2.75) is 25.1 Å². The zero-order valence-electron chi connectivity index (χ0n) is 14.3. The Morgan fingerprint density at radius 3 is 2.79 bits per heavy atom. The minimum Gasteiger partial charge on any atom is -0.356 e. The van der Waals surface area contributed by atoms with E-state index >= 15 is 0 Å². The Labute approximate surface area is 151 Å². The Morgan fingerprint density at radius 2 is 2.12 bits per heavy atom. The van der Waals surface area contributed by atoms with Gasteiger partial charge in [-0.05, 0) is 57.8 Å². The van der Waals surface area contributed by atoms with Gasteiger partial charge in [0.25, 0.3) is 0 Å². The molecule has 3 nitrogen and oxygen atoms in total. The van der Waals surface area contributed by atoms with Crippen LogP contribution in [0.25, 0.3) is 0 Å². The first kappa shape index (κ1) is 18.8. The van der Waals surface area contributed by atoms with E-state index in [0.29, 0.717) is 12.5 Å². The summed E-state index contributed by atoms with van der Waals surface area (Å²) in [5.41, 5.74) is 3.46. The zero-order chi connectivity index (χ0) is 17.4. The van der Waals surface area contributed by atoms with Gasteiger partial charge < -0.3 is 10.6 Å². The number of thioether (sulfide) groups is 1. The zero-order valence-corrected chi connectivity index (χ0v) is 15.9. The first-order valence-corrected chi connectivity index (χ1v) is 10.2. The fraction of sp³-hybridized carbons (Fsp3) is 0.389. The molecule has 130 valence electrons. The van der Waals surface area contributed by atoms with Crippen LogP contribution in [0, 0.1) is 5.82 Å². The molecule has 1 heterocycles. The van der Waals surface area contributed by atoms with Crippen LogP contribution in [0.3, 0.4) is 0 Å². The topological polar surface area (TPSA) is 36.4 Å². The van der Waals surface area contributed by atoms with Crippen LogP contribution >= 0.6 is 23.1 Å². The summed E-state index contributed by atoms with van der Waals surface area (Å²) < 4.78 is 13.4. The Hall–Kier alpha value is -1.53. The minimum atomic E-state index is -0.185. The van der Waals surface area contributed by atoms with E-state index in [9.17, 15) is 4.39 Å². The summed E-state index contributed by atoms with van der Waals surface area (Å²) in [6.45, 7) is 3.64. The monoisotopic (exact) mass is 365 g/mol. The maximum absolute atomic E-state index is 13.4. The highest BCUT2D eigenvalue weighted by Gasteiger charge is 2.08. The van der Waals surface area contributed by atoms with Crippen LogP contribution in [-0.4, -0.2) is 25.8 Å². The molecular formula is C18H24FN3S2. The van der Waals surface area contributed by atoms with Crippen LogP contribution in [0.5, 0.6) is 0 Å². The maximum Gasteiger partial charge on any atom is 0.191 e. The Morgan fingerprint density at radius 1 is 1.29 bits per heavy atom. The van der Waals surface area contributed by atoms with E-state index in [0.717, 1.165) is 29.4 Å². The number of hydrogen-bond acceptors (Lipinski definition) is 3. The fourth-order valence-electron chi connectivity index (χ4n) is 2.38. The van der Waals surface area contributed by atoms with E-state index < -0.39 is 0 Å². The van der Waals surface area contributed by atoms with Gasteiger partial charge in [0.1, 0.15) is 5.82 Å². The molecule has 1 atom stereocenters. The van der Waals surface area contributed by atoms with E-state index in [1.807, 2.05) is 12.3 Å². The predicted molar refractivity (Wildman–Crippen MR) is 105 cm³/mol. The van der Waals surface area contributed by atoms with Crippen molar-refractivity contribution in [3.05, 3.63) is 57.5 Å². The average molecular weight is 366 g/mol. The van der Waals surface area contributed by atoms with E-state index in [1.165, 1.54) is 11.6 Å². The van der Waals surface area contributed by atoms with Crippen LogP contribution in [0.2, 0.25) is 0 Å². The lowest BCUT2D eigenvalue weighted by Crippen LogP contribution is -2.38. The van der Waals surface area contributed by atoms with Gasteiger partial charge in [0.05, 0.1) is 0 Å². The van der Waals surface area contributed by atoms with Gasteiger partial charge in [-0.3, -0.25) is 4.99 Å². The molecule has 1 aromatic carbocycles. The van der Waals surface area contributed by atoms with Crippen molar-refractivity contribution in [1.82, 2.24) is 10.6 Å². The molecule has 0 aliphatic carbocycles. The van der Waals surface area contributed by atoms with Crippen LogP contribution in [0.1, 0.15) is 29.5 Å². The number of nitrogens with zero attached hydrogens (tertiary/aromatic N) is 1. The molecule has 0 aliphatic heterocycles. The number of halogens is 1. The highest BCUT2D eigenvalue weighted by molar-refractivity contribution is 7.97. The molecule has 0 amide bonds. The molecule has 1 unspecified atom stereocenters. The van der Waals surface area contributed by atoms with E-state index in [4.69, 9.17) is 0 Å². The van der Waals surface area contributed by atoms with Crippen molar-refractivity contribution in [3.63, 3.8) is 0 Å². The molecule has 0 bridgehead atoms. The van der Waals surface area contributed by atoms with Crippen LogP contribution in [0.4, 0.5) is 4.39 Å².